The molecule has 1 unspecified atom stereocenters. The number of amides is 1. The fraction of sp³-hybridized carbons (Fsp3) is 0.308. The first-order valence-electron chi connectivity index (χ1n) is 10.6. The van der Waals surface area contributed by atoms with Crippen LogP contribution in [-0.4, -0.2) is 43.8 Å². The smallest absolute Gasteiger partial charge is 0.320 e. The third kappa shape index (κ3) is 6.46. The van der Waals surface area contributed by atoms with Gasteiger partial charge in [-0.15, -0.1) is 0 Å². The molecule has 1 amide bonds. The van der Waals surface area contributed by atoms with Gasteiger partial charge in [-0.1, -0.05) is 30.3 Å². The SMILES string of the molecule is C/C=C(OC)\C(CNC(C)C(=O)O)=C(/Cc1cccc(-c2ccc(C(N)=O)cc2)c1C)OC. The number of ether oxygens (including phenoxy) is 2. The van der Waals surface area contributed by atoms with Crippen LogP contribution in [0.15, 0.2) is 65.6 Å². The quantitative estimate of drug-likeness (QED) is 0.353. The second-order valence-corrected chi connectivity index (χ2v) is 7.61. The first-order valence-corrected chi connectivity index (χ1v) is 10.6. The average Bonchev–Trinajstić information content (AvgIpc) is 2.81. The van der Waals surface area contributed by atoms with Crippen LogP contribution in [-0.2, 0) is 20.7 Å². The Bertz CT molecular complexity index is 1050. The standard InChI is InChI=1S/C26H32N2O5/c1-6-23(32-4)22(15-28-17(3)26(30)31)24(33-5)14-20-8-7-9-21(16(20)2)18-10-12-19(13-11-18)25(27)29/h6-13,17,28H,14-15H2,1-5H3,(H2,27,29)(H,30,31)/b23-6+,24-22+. The summed E-state index contributed by atoms with van der Waals surface area (Å²) in [6.45, 7) is 5.76. The lowest BCUT2D eigenvalue weighted by Gasteiger charge is -2.20. The van der Waals surface area contributed by atoms with E-state index in [0.29, 0.717) is 23.5 Å². The van der Waals surface area contributed by atoms with Gasteiger partial charge in [0.1, 0.15) is 17.6 Å². The number of benzene rings is 2. The second kappa shape index (κ2) is 11.9. The van der Waals surface area contributed by atoms with Gasteiger partial charge in [-0.25, -0.2) is 0 Å². The molecule has 0 heterocycles. The molecule has 0 radical (unpaired) electrons. The summed E-state index contributed by atoms with van der Waals surface area (Å²) in [7, 11) is 3.17. The van der Waals surface area contributed by atoms with Gasteiger partial charge in [0.25, 0.3) is 0 Å². The van der Waals surface area contributed by atoms with Gasteiger partial charge in [-0.05, 0) is 61.2 Å². The summed E-state index contributed by atoms with van der Waals surface area (Å²) in [6.07, 6.45) is 2.32. The van der Waals surface area contributed by atoms with Crippen LogP contribution in [0.4, 0.5) is 0 Å². The first kappa shape index (κ1) is 25.7. The minimum absolute atomic E-state index is 0.275. The highest BCUT2D eigenvalue weighted by atomic mass is 16.5. The molecule has 0 spiro atoms. The van der Waals surface area contributed by atoms with Crippen molar-refractivity contribution in [2.45, 2.75) is 33.2 Å². The molecule has 0 fully saturated rings. The second-order valence-electron chi connectivity index (χ2n) is 7.61. The number of hydrogen-bond acceptors (Lipinski definition) is 5. The van der Waals surface area contributed by atoms with Crippen molar-refractivity contribution in [3.05, 3.63) is 82.3 Å². The predicted octanol–water partition coefficient (Wildman–Crippen LogP) is 3.82. The molecule has 1 atom stereocenters. The van der Waals surface area contributed by atoms with Crippen LogP contribution in [0.2, 0.25) is 0 Å². The van der Waals surface area contributed by atoms with Crippen LogP contribution in [0.25, 0.3) is 11.1 Å². The van der Waals surface area contributed by atoms with Crippen LogP contribution in [0.5, 0.6) is 0 Å². The van der Waals surface area contributed by atoms with Gasteiger partial charge in [0.05, 0.1) is 14.2 Å². The van der Waals surface area contributed by atoms with E-state index in [4.69, 9.17) is 15.2 Å². The zero-order valence-corrected chi connectivity index (χ0v) is 19.8. The summed E-state index contributed by atoms with van der Waals surface area (Å²) in [4.78, 5) is 22.6. The van der Waals surface area contributed by atoms with Gasteiger partial charge >= 0.3 is 5.97 Å². The van der Waals surface area contributed by atoms with E-state index in [9.17, 15) is 14.7 Å². The van der Waals surface area contributed by atoms with Crippen molar-refractivity contribution in [2.24, 2.45) is 5.73 Å². The molecule has 2 rings (SSSR count). The fourth-order valence-corrected chi connectivity index (χ4v) is 3.56. The minimum atomic E-state index is -0.932. The molecule has 0 aliphatic carbocycles. The van der Waals surface area contributed by atoms with Crippen LogP contribution in [0.1, 0.15) is 35.3 Å². The molecule has 0 aliphatic heterocycles. The molecule has 7 nitrogen and oxygen atoms in total. The molecule has 0 saturated heterocycles. The molecule has 0 bridgehead atoms. The largest absolute Gasteiger partial charge is 0.500 e. The summed E-state index contributed by atoms with van der Waals surface area (Å²) in [5.74, 6) is -0.0935. The number of allylic oxidation sites excluding steroid dienone is 2. The van der Waals surface area contributed by atoms with Crippen LogP contribution < -0.4 is 11.1 Å². The number of hydrogen-bond donors (Lipinski definition) is 3. The molecule has 0 saturated carbocycles. The van der Waals surface area contributed by atoms with Gasteiger partial charge in [0.15, 0.2) is 0 Å². The molecule has 0 aromatic heterocycles. The molecule has 176 valence electrons. The van der Waals surface area contributed by atoms with Gasteiger partial charge in [0.2, 0.25) is 5.91 Å². The average molecular weight is 453 g/mol. The van der Waals surface area contributed by atoms with Crippen molar-refractivity contribution in [1.82, 2.24) is 5.32 Å². The zero-order chi connectivity index (χ0) is 24.5. The highest BCUT2D eigenvalue weighted by Gasteiger charge is 2.18. The van der Waals surface area contributed by atoms with Crippen LogP contribution in [0.3, 0.4) is 0 Å². The van der Waals surface area contributed by atoms with E-state index >= 15 is 0 Å². The zero-order valence-electron chi connectivity index (χ0n) is 19.8. The van der Waals surface area contributed by atoms with E-state index in [-0.39, 0.29) is 6.54 Å². The van der Waals surface area contributed by atoms with Crippen LogP contribution >= 0.6 is 0 Å². The molecule has 2 aromatic rings. The normalized spacial score (nSPS) is 13.2. The number of primary amides is 1. The highest BCUT2D eigenvalue weighted by molar-refractivity contribution is 5.93. The minimum Gasteiger partial charge on any atom is -0.500 e. The number of carboxylic acids is 1. The number of nitrogens with two attached hydrogens (primary N) is 1. The Kier molecular flexibility index (Phi) is 9.24. The maximum Gasteiger partial charge on any atom is 0.320 e. The summed E-state index contributed by atoms with van der Waals surface area (Å²) < 4.78 is 11.3. The van der Waals surface area contributed by atoms with E-state index in [1.807, 2.05) is 50.3 Å². The monoisotopic (exact) mass is 452 g/mol. The number of methoxy groups -OCH3 is 2. The number of nitrogens with one attached hydrogen (secondary N) is 1. The van der Waals surface area contributed by atoms with E-state index < -0.39 is 17.9 Å². The van der Waals surface area contributed by atoms with Crippen molar-refractivity contribution < 1.29 is 24.2 Å². The Hall–Kier alpha value is -3.58. The first-order chi connectivity index (χ1) is 15.7. The molecular formula is C26H32N2O5. The molecular weight excluding hydrogens is 420 g/mol. The van der Waals surface area contributed by atoms with Gasteiger partial charge in [-0.2, -0.15) is 0 Å². The van der Waals surface area contributed by atoms with E-state index in [1.54, 1.807) is 33.3 Å². The van der Waals surface area contributed by atoms with Crippen molar-refractivity contribution in [2.75, 3.05) is 20.8 Å². The fourth-order valence-electron chi connectivity index (χ4n) is 3.56. The Morgan fingerprint density at radius 3 is 2.30 bits per heavy atom. The van der Waals surface area contributed by atoms with Crippen LogP contribution in [0, 0.1) is 6.92 Å². The Morgan fingerprint density at radius 1 is 1.12 bits per heavy atom. The van der Waals surface area contributed by atoms with E-state index in [2.05, 4.69) is 5.32 Å². The number of carbonyl (C=O) groups is 2. The maximum absolute atomic E-state index is 11.4. The highest BCUT2D eigenvalue weighted by Crippen LogP contribution is 2.29. The maximum atomic E-state index is 11.4. The Morgan fingerprint density at radius 2 is 1.79 bits per heavy atom. The lowest BCUT2D eigenvalue weighted by molar-refractivity contribution is -0.138. The molecule has 0 aliphatic rings. The van der Waals surface area contributed by atoms with E-state index in [0.717, 1.165) is 27.8 Å². The third-order valence-electron chi connectivity index (χ3n) is 5.60. The Labute approximate surface area is 194 Å². The number of carboxylic acid groups (broad SMARTS) is 1. The third-order valence-corrected chi connectivity index (χ3v) is 5.60. The van der Waals surface area contributed by atoms with Gasteiger partial charge in [-0.3, -0.25) is 9.59 Å². The lowest BCUT2D eigenvalue weighted by Crippen LogP contribution is -2.35. The topological polar surface area (TPSA) is 111 Å². The summed E-state index contributed by atoms with van der Waals surface area (Å²) in [5.41, 5.74) is 10.7. The molecule has 2 aromatic carbocycles. The predicted molar refractivity (Wildman–Crippen MR) is 129 cm³/mol. The molecule has 7 heteroatoms. The number of rotatable bonds is 11. The summed E-state index contributed by atoms with van der Waals surface area (Å²) >= 11 is 0. The van der Waals surface area contributed by atoms with Crippen molar-refractivity contribution in [3.63, 3.8) is 0 Å². The summed E-state index contributed by atoms with van der Waals surface area (Å²) in [6, 6.07) is 12.5. The van der Waals surface area contributed by atoms with Crippen molar-refractivity contribution in [1.29, 1.82) is 0 Å². The van der Waals surface area contributed by atoms with Crippen molar-refractivity contribution in [3.8, 4) is 11.1 Å². The van der Waals surface area contributed by atoms with Crippen molar-refractivity contribution >= 4 is 11.9 Å². The van der Waals surface area contributed by atoms with E-state index in [1.165, 1.54) is 0 Å². The Balaban J connectivity index is 2.45. The van der Waals surface area contributed by atoms with Gasteiger partial charge < -0.3 is 25.6 Å². The number of aliphatic carboxylic acids is 1. The molecule has 33 heavy (non-hydrogen) atoms. The molecule has 4 N–H and O–H groups in total. The van der Waals surface area contributed by atoms with Gasteiger partial charge in [0, 0.05) is 24.1 Å². The number of carbonyl (C=O) groups excluding carboxylic acids is 1. The lowest BCUT2D eigenvalue weighted by atomic mass is 9.93. The summed E-state index contributed by atoms with van der Waals surface area (Å²) in [5, 5.41) is 12.2.